The molecule has 0 aliphatic carbocycles. The second-order valence-electron chi connectivity index (χ2n) is 5.92. The molecule has 0 saturated carbocycles. The fraction of sp³-hybridized carbons (Fsp3) is 0.150. The number of amides is 1. The molecule has 2 aromatic carbocycles. The van der Waals surface area contributed by atoms with Crippen molar-refractivity contribution >= 4 is 11.6 Å². The van der Waals surface area contributed by atoms with Crippen molar-refractivity contribution in [2.45, 2.75) is 19.9 Å². The number of carbonyl (C=O) groups is 1. The average Bonchev–Trinajstić information content (AvgIpc) is 2.63. The summed E-state index contributed by atoms with van der Waals surface area (Å²) in [6, 6.07) is 12.4. The van der Waals surface area contributed by atoms with E-state index in [9.17, 15) is 18.4 Å². The Balaban J connectivity index is 1.96. The van der Waals surface area contributed by atoms with E-state index in [1.54, 1.807) is 6.07 Å². The monoisotopic (exact) mass is 369 g/mol. The van der Waals surface area contributed by atoms with Crippen molar-refractivity contribution in [3.05, 3.63) is 82.3 Å². The molecule has 27 heavy (non-hydrogen) atoms. The smallest absolute Gasteiger partial charge is 0.254 e. The van der Waals surface area contributed by atoms with Crippen LogP contribution in [0.5, 0.6) is 0 Å². The second kappa shape index (κ2) is 7.90. The van der Waals surface area contributed by atoms with Crippen LogP contribution in [-0.4, -0.2) is 15.5 Å². The van der Waals surface area contributed by atoms with Crippen LogP contribution in [0.15, 0.2) is 59.4 Å². The van der Waals surface area contributed by atoms with E-state index in [0.29, 0.717) is 17.7 Å². The van der Waals surface area contributed by atoms with E-state index in [4.69, 9.17) is 0 Å². The summed E-state index contributed by atoms with van der Waals surface area (Å²) in [7, 11) is 0. The Morgan fingerprint density at radius 3 is 2.44 bits per heavy atom. The number of hydrogen-bond acceptors (Lipinski definition) is 3. The number of aromatic nitrogens is 2. The van der Waals surface area contributed by atoms with Gasteiger partial charge in [-0.05, 0) is 36.8 Å². The number of aryl methyl sites for hydroxylation is 1. The maximum absolute atomic E-state index is 13.6. The first-order valence-corrected chi connectivity index (χ1v) is 8.38. The van der Waals surface area contributed by atoms with Crippen LogP contribution in [-0.2, 0) is 17.8 Å². The summed E-state index contributed by atoms with van der Waals surface area (Å²) in [5.74, 6) is -1.28. The number of rotatable bonds is 5. The molecule has 0 unspecified atom stereocenters. The van der Waals surface area contributed by atoms with Gasteiger partial charge in [-0.2, -0.15) is 0 Å². The van der Waals surface area contributed by atoms with Gasteiger partial charge in [-0.1, -0.05) is 25.1 Å². The first kappa shape index (κ1) is 18.4. The Morgan fingerprint density at radius 1 is 1.07 bits per heavy atom. The molecule has 7 heteroatoms. The number of benzene rings is 2. The zero-order chi connectivity index (χ0) is 19.4. The molecule has 1 amide bonds. The van der Waals surface area contributed by atoms with Crippen LogP contribution < -0.4 is 10.9 Å². The molecule has 0 aliphatic rings. The van der Waals surface area contributed by atoms with Crippen LogP contribution >= 0.6 is 0 Å². The lowest BCUT2D eigenvalue weighted by Crippen LogP contribution is -2.30. The third-order valence-electron chi connectivity index (χ3n) is 3.92. The highest BCUT2D eigenvalue weighted by Gasteiger charge is 2.14. The summed E-state index contributed by atoms with van der Waals surface area (Å²) in [6.07, 6.45) is 0.522. The molecule has 1 N–H and O–H groups in total. The van der Waals surface area contributed by atoms with Crippen molar-refractivity contribution in [2.24, 2.45) is 0 Å². The molecule has 0 spiro atoms. The molecule has 1 aromatic heterocycles. The third-order valence-corrected chi connectivity index (χ3v) is 3.92. The summed E-state index contributed by atoms with van der Waals surface area (Å²) >= 11 is 0. The molecular formula is C20H17F2N3O2. The van der Waals surface area contributed by atoms with Crippen LogP contribution in [0.3, 0.4) is 0 Å². The number of hydrogen-bond donors (Lipinski definition) is 1. The third kappa shape index (κ3) is 4.44. The van der Waals surface area contributed by atoms with Gasteiger partial charge in [0.25, 0.3) is 5.56 Å². The van der Waals surface area contributed by atoms with Gasteiger partial charge in [-0.25, -0.2) is 13.8 Å². The number of halogens is 2. The Labute approximate surface area is 154 Å². The number of nitrogens with one attached hydrogen (secondary N) is 1. The topological polar surface area (TPSA) is 64.0 Å². The predicted molar refractivity (Wildman–Crippen MR) is 98.3 cm³/mol. The van der Waals surface area contributed by atoms with Gasteiger partial charge in [0, 0.05) is 23.0 Å². The first-order valence-electron chi connectivity index (χ1n) is 8.38. The summed E-state index contributed by atoms with van der Waals surface area (Å²) in [5.41, 5.74) is 0.788. The van der Waals surface area contributed by atoms with Crippen molar-refractivity contribution < 1.29 is 13.6 Å². The fourth-order valence-electron chi connectivity index (χ4n) is 2.65. The van der Waals surface area contributed by atoms with Gasteiger partial charge in [0.15, 0.2) is 0 Å². The molecule has 0 aliphatic heterocycles. The lowest BCUT2D eigenvalue weighted by Gasteiger charge is -2.13. The average molecular weight is 369 g/mol. The second-order valence-corrected chi connectivity index (χ2v) is 5.92. The van der Waals surface area contributed by atoms with Gasteiger partial charge < -0.3 is 5.32 Å². The van der Waals surface area contributed by atoms with Gasteiger partial charge in [0.05, 0.1) is 0 Å². The molecule has 1 heterocycles. The normalized spacial score (nSPS) is 10.6. The van der Waals surface area contributed by atoms with Gasteiger partial charge in [0.1, 0.15) is 24.0 Å². The van der Waals surface area contributed by atoms with E-state index in [1.165, 1.54) is 53.1 Å². The van der Waals surface area contributed by atoms with Crippen LogP contribution in [0.2, 0.25) is 0 Å². The van der Waals surface area contributed by atoms with Crippen molar-refractivity contribution in [1.29, 1.82) is 0 Å². The molecule has 0 atom stereocenters. The van der Waals surface area contributed by atoms with E-state index >= 15 is 0 Å². The van der Waals surface area contributed by atoms with Crippen molar-refractivity contribution in [3.8, 4) is 11.4 Å². The maximum Gasteiger partial charge on any atom is 0.254 e. The van der Waals surface area contributed by atoms with Crippen molar-refractivity contribution in [2.75, 3.05) is 5.32 Å². The Kier molecular flexibility index (Phi) is 5.40. The minimum Gasteiger partial charge on any atom is -0.324 e. The van der Waals surface area contributed by atoms with E-state index in [1.807, 2.05) is 6.92 Å². The van der Waals surface area contributed by atoms with Gasteiger partial charge in [0.2, 0.25) is 5.91 Å². The maximum atomic E-state index is 13.6. The molecule has 0 bridgehead atoms. The largest absolute Gasteiger partial charge is 0.324 e. The first-order chi connectivity index (χ1) is 13.0. The Morgan fingerprint density at radius 2 is 1.78 bits per heavy atom. The van der Waals surface area contributed by atoms with Gasteiger partial charge >= 0.3 is 0 Å². The summed E-state index contributed by atoms with van der Waals surface area (Å²) in [6.45, 7) is 1.51. The minimum absolute atomic E-state index is 0.202. The Hall–Kier alpha value is -3.35. The summed E-state index contributed by atoms with van der Waals surface area (Å²) in [5, 5.41) is 2.54. The lowest BCUT2D eigenvalue weighted by molar-refractivity contribution is -0.116. The summed E-state index contributed by atoms with van der Waals surface area (Å²) < 4.78 is 28.1. The van der Waals surface area contributed by atoms with Gasteiger partial charge in [-0.15, -0.1) is 0 Å². The van der Waals surface area contributed by atoms with E-state index in [-0.39, 0.29) is 18.1 Å². The van der Waals surface area contributed by atoms with Gasteiger partial charge in [-0.3, -0.25) is 14.2 Å². The molecule has 0 saturated heterocycles. The highest BCUT2D eigenvalue weighted by Crippen LogP contribution is 2.18. The highest BCUT2D eigenvalue weighted by atomic mass is 19.1. The number of nitrogens with zero attached hydrogens (tertiary/aromatic N) is 2. The zero-order valence-corrected chi connectivity index (χ0v) is 14.6. The van der Waals surface area contributed by atoms with Crippen molar-refractivity contribution in [3.63, 3.8) is 0 Å². The predicted octanol–water partition coefficient (Wildman–Crippen LogP) is 3.39. The van der Waals surface area contributed by atoms with E-state index in [0.717, 1.165) is 0 Å². The molecule has 0 fully saturated rings. The van der Waals surface area contributed by atoms with Crippen molar-refractivity contribution in [1.82, 2.24) is 9.55 Å². The van der Waals surface area contributed by atoms with Crippen LogP contribution in [0.1, 0.15) is 12.6 Å². The number of carbonyl (C=O) groups excluding carboxylic acids is 1. The SMILES string of the molecule is CCc1cc(=O)n(CC(=O)Nc2cccc(F)c2)c(-c2cccc(F)c2)n1. The van der Waals surface area contributed by atoms with Crippen LogP contribution in [0.4, 0.5) is 14.5 Å². The fourth-order valence-corrected chi connectivity index (χ4v) is 2.65. The summed E-state index contributed by atoms with van der Waals surface area (Å²) in [4.78, 5) is 29.3. The van der Waals surface area contributed by atoms with E-state index < -0.39 is 23.1 Å². The molecule has 3 aromatic rings. The van der Waals surface area contributed by atoms with Crippen LogP contribution in [0.25, 0.3) is 11.4 Å². The molecule has 3 rings (SSSR count). The molecular weight excluding hydrogens is 352 g/mol. The Bertz CT molecular complexity index is 1050. The van der Waals surface area contributed by atoms with E-state index in [2.05, 4.69) is 10.3 Å². The number of anilines is 1. The van der Waals surface area contributed by atoms with Crippen LogP contribution in [0, 0.1) is 11.6 Å². The standard InChI is InChI=1S/C20H17F2N3O2/c1-2-16-11-19(27)25(20(24-16)13-5-3-6-14(21)9-13)12-18(26)23-17-8-4-7-15(22)10-17/h3-11H,2,12H2,1H3,(H,23,26). The zero-order valence-electron chi connectivity index (χ0n) is 14.6. The molecule has 0 radical (unpaired) electrons. The lowest BCUT2D eigenvalue weighted by atomic mass is 10.2. The molecule has 138 valence electrons. The molecule has 5 nitrogen and oxygen atoms in total. The quantitative estimate of drug-likeness (QED) is 0.750. The minimum atomic E-state index is -0.522. The highest BCUT2D eigenvalue weighted by molar-refractivity contribution is 5.90.